The molecule has 4 nitrogen and oxygen atoms in total. The number of aromatic nitrogens is 1. The third-order valence-electron chi connectivity index (χ3n) is 4.05. The van der Waals surface area contributed by atoms with Gasteiger partial charge in [0.25, 0.3) is 0 Å². The number of para-hydroxylation sites is 1. The van der Waals surface area contributed by atoms with Crippen molar-refractivity contribution in [1.82, 2.24) is 9.47 Å². The second-order valence-electron chi connectivity index (χ2n) is 5.43. The minimum Gasteiger partial charge on any atom is -0.341 e. The normalized spacial score (nSPS) is 15.2. The third-order valence-corrected chi connectivity index (χ3v) is 4.05. The van der Waals surface area contributed by atoms with Crippen LogP contribution >= 0.6 is 0 Å². The minimum absolute atomic E-state index is 0.225. The maximum absolute atomic E-state index is 12.3. The molecule has 2 aromatic rings. The Balaban J connectivity index is 1.88. The number of nitrogens with two attached hydrogens (primary N) is 1. The van der Waals surface area contributed by atoms with Crippen molar-refractivity contribution < 1.29 is 4.79 Å². The van der Waals surface area contributed by atoms with Crippen LogP contribution in [0.5, 0.6) is 0 Å². The predicted molar refractivity (Wildman–Crippen MR) is 80.5 cm³/mol. The monoisotopic (exact) mass is 271 g/mol. The Bertz CT molecular complexity index is 611. The molecule has 1 aromatic heterocycles. The van der Waals surface area contributed by atoms with Crippen LogP contribution in [0.15, 0.2) is 30.5 Å². The van der Waals surface area contributed by atoms with E-state index in [1.54, 1.807) is 0 Å². The molecule has 0 spiro atoms. The number of amides is 1. The highest BCUT2D eigenvalue weighted by Crippen LogP contribution is 2.22. The van der Waals surface area contributed by atoms with E-state index >= 15 is 0 Å². The highest BCUT2D eigenvalue weighted by atomic mass is 16.2. The molecule has 0 aliphatic carbocycles. The molecule has 1 fully saturated rings. The molecule has 4 heteroatoms. The summed E-state index contributed by atoms with van der Waals surface area (Å²) in [4.78, 5) is 14.3. The lowest BCUT2D eigenvalue weighted by atomic mass is 10.1. The van der Waals surface area contributed by atoms with Gasteiger partial charge in [-0.2, -0.15) is 0 Å². The minimum atomic E-state index is 0.225. The van der Waals surface area contributed by atoms with Crippen LogP contribution in [0.25, 0.3) is 10.9 Å². The van der Waals surface area contributed by atoms with Gasteiger partial charge in [-0.05, 0) is 37.4 Å². The maximum Gasteiger partial charge on any atom is 0.242 e. The number of hydrogen-bond donors (Lipinski definition) is 1. The molecular formula is C16H21N3O. The summed E-state index contributed by atoms with van der Waals surface area (Å²) in [7, 11) is 0. The zero-order valence-corrected chi connectivity index (χ0v) is 11.7. The molecule has 0 atom stereocenters. The van der Waals surface area contributed by atoms with Crippen molar-refractivity contribution in [2.75, 3.05) is 19.6 Å². The summed E-state index contributed by atoms with van der Waals surface area (Å²) < 4.78 is 2.07. The summed E-state index contributed by atoms with van der Waals surface area (Å²) in [6.07, 6.45) is 5.21. The van der Waals surface area contributed by atoms with Crippen LogP contribution in [-0.4, -0.2) is 35.0 Å². The highest BCUT2D eigenvalue weighted by molar-refractivity contribution is 5.86. The average molecular weight is 271 g/mol. The smallest absolute Gasteiger partial charge is 0.242 e. The molecule has 0 unspecified atom stereocenters. The van der Waals surface area contributed by atoms with Crippen LogP contribution in [0.1, 0.15) is 18.4 Å². The number of benzene rings is 1. The van der Waals surface area contributed by atoms with Crippen molar-refractivity contribution in [3.63, 3.8) is 0 Å². The molecule has 0 radical (unpaired) electrons. The Morgan fingerprint density at radius 1 is 1.20 bits per heavy atom. The fourth-order valence-corrected chi connectivity index (χ4v) is 3.02. The zero-order chi connectivity index (χ0) is 13.9. The molecule has 20 heavy (non-hydrogen) atoms. The Hall–Kier alpha value is -1.81. The molecule has 0 saturated carbocycles. The van der Waals surface area contributed by atoms with Crippen LogP contribution in [-0.2, 0) is 17.8 Å². The number of hydrogen-bond acceptors (Lipinski definition) is 2. The summed E-state index contributed by atoms with van der Waals surface area (Å²) in [5.41, 5.74) is 8.04. The molecule has 3 rings (SSSR count). The lowest BCUT2D eigenvalue weighted by Gasteiger charge is -2.16. The maximum atomic E-state index is 12.3. The lowest BCUT2D eigenvalue weighted by molar-refractivity contribution is -0.130. The van der Waals surface area contributed by atoms with Crippen LogP contribution in [0.2, 0.25) is 0 Å². The number of nitrogens with zero attached hydrogens (tertiary/aromatic N) is 2. The van der Waals surface area contributed by atoms with Crippen LogP contribution in [0, 0.1) is 0 Å². The quantitative estimate of drug-likeness (QED) is 0.921. The van der Waals surface area contributed by atoms with E-state index in [0.29, 0.717) is 13.1 Å². The first-order chi connectivity index (χ1) is 9.79. The largest absolute Gasteiger partial charge is 0.341 e. The third kappa shape index (κ3) is 2.43. The van der Waals surface area contributed by atoms with E-state index in [2.05, 4.69) is 22.9 Å². The van der Waals surface area contributed by atoms with E-state index in [4.69, 9.17) is 5.73 Å². The van der Waals surface area contributed by atoms with E-state index in [-0.39, 0.29) is 5.91 Å². The topological polar surface area (TPSA) is 51.3 Å². The van der Waals surface area contributed by atoms with Crippen LogP contribution in [0.3, 0.4) is 0 Å². The molecule has 1 aromatic carbocycles. The Kier molecular flexibility index (Phi) is 3.74. The summed E-state index contributed by atoms with van der Waals surface area (Å²) in [5.74, 6) is 0.225. The Morgan fingerprint density at radius 2 is 1.95 bits per heavy atom. The second kappa shape index (κ2) is 5.67. The van der Waals surface area contributed by atoms with Gasteiger partial charge in [-0.15, -0.1) is 0 Å². The van der Waals surface area contributed by atoms with Crippen molar-refractivity contribution in [3.05, 3.63) is 36.0 Å². The molecular weight excluding hydrogens is 250 g/mol. The first-order valence-corrected chi connectivity index (χ1v) is 7.34. The van der Waals surface area contributed by atoms with Gasteiger partial charge < -0.3 is 15.2 Å². The van der Waals surface area contributed by atoms with Crippen molar-refractivity contribution in [2.24, 2.45) is 5.73 Å². The molecule has 1 aliphatic rings. The van der Waals surface area contributed by atoms with Crippen molar-refractivity contribution in [2.45, 2.75) is 25.8 Å². The van der Waals surface area contributed by atoms with Gasteiger partial charge >= 0.3 is 0 Å². The van der Waals surface area contributed by atoms with E-state index in [9.17, 15) is 4.79 Å². The summed E-state index contributed by atoms with van der Waals surface area (Å²) >= 11 is 0. The summed E-state index contributed by atoms with van der Waals surface area (Å²) in [6, 6.07) is 8.24. The molecule has 0 bridgehead atoms. The molecule has 1 aliphatic heterocycles. The number of carbonyl (C=O) groups is 1. The Morgan fingerprint density at radius 3 is 2.70 bits per heavy atom. The summed E-state index contributed by atoms with van der Waals surface area (Å²) in [5, 5.41) is 1.21. The fraction of sp³-hybridized carbons (Fsp3) is 0.438. The first-order valence-electron chi connectivity index (χ1n) is 7.34. The van der Waals surface area contributed by atoms with Gasteiger partial charge in [-0.25, -0.2) is 0 Å². The zero-order valence-electron chi connectivity index (χ0n) is 11.7. The van der Waals surface area contributed by atoms with Gasteiger partial charge in [-0.1, -0.05) is 18.2 Å². The van der Waals surface area contributed by atoms with Gasteiger partial charge in [0, 0.05) is 30.2 Å². The van der Waals surface area contributed by atoms with Gasteiger partial charge in [0.05, 0.1) is 0 Å². The van der Waals surface area contributed by atoms with Crippen LogP contribution < -0.4 is 5.73 Å². The van der Waals surface area contributed by atoms with Gasteiger partial charge in [0.2, 0.25) is 5.91 Å². The molecule has 1 saturated heterocycles. The SMILES string of the molecule is NCCc1cn(CC(=O)N2CCCC2)c2ccccc12. The van der Waals surface area contributed by atoms with Gasteiger partial charge in [0.15, 0.2) is 0 Å². The van der Waals surface area contributed by atoms with Crippen LogP contribution in [0.4, 0.5) is 0 Å². The van der Waals surface area contributed by atoms with Crippen molar-refractivity contribution in [3.8, 4) is 0 Å². The molecule has 2 heterocycles. The van der Waals surface area contributed by atoms with Crippen molar-refractivity contribution in [1.29, 1.82) is 0 Å². The molecule has 106 valence electrons. The Labute approximate surface area is 119 Å². The standard InChI is InChI=1S/C16H21N3O/c17-8-7-13-11-19(15-6-2-1-5-14(13)15)12-16(20)18-9-3-4-10-18/h1-2,5-6,11H,3-4,7-10,12,17H2. The van der Waals surface area contributed by atoms with Gasteiger partial charge in [0.1, 0.15) is 6.54 Å². The number of likely N-dealkylation sites (tertiary alicyclic amines) is 1. The molecule has 2 N–H and O–H groups in total. The summed E-state index contributed by atoms with van der Waals surface area (Å²) in [6.45, 7) is 2.89. The number of carbonyl (C=O) groups excluding carboxylic acids is 1. The molecule has 1 amide bonds. The number of rotatable bonds is 4. The van der Waals surface area contributed by atoms with E-state index < -0.39 is 0 Å². The highest BCUT2D eigenvalue weighted by Gasteiger charge is 2.19. The predicted octanol–water partition coefficient (Wildman–Crippen LogP) is 1.76. The average Bonchev–Trinajstić information content (AvgIpc) is 3.09. The second-order valence-corrected chi connectivity index (χ2v) is 5.43. The van der Waals surface area contributed by atoms with E-state index in [0.717, 1.165) is 37.9 Å². The first kappa shape index (κ1) is 13.2. The van der Waals surface area contributed by atoms with Crippen molar-refractivity contribution >= 4 is 16.8 Å². The van der Waals surface area contributed by atoms with Gasteiger partial charge in [-0.3, -0.25) is 4.79 Å². The van der Waals surface area contributed by atoms with E-state index in [1.165, 1.54) is 10.9 Å². The van der Waals surface area contributed by atoms with E-state index in [1.807, 2.05) is 17.0 Å². The number of fused-ring (bicyclic) bond motifs is 1. The fourth-order valence-electron chi connectivity index (χ4n) is 3.02. The lowest BCUT2D eigenvalue weighted by Crippen LogP contribution is -2.30.